The number of para-hydroxylation sites is 1. The minimum atomic E-state index is -3.69. The van der Waals surface area contributed by atoms with Crippen molar-refractivity contribution in [2.75, 3.05) is 31.1 Å². The molecule has 2 aromatic carbocycles. The van der Waals surface area contributed by atoms with Crippen LogP contribution in [-0.4, -0.2) is 45.4 Å². The summed E-state index contributed by atoms with van der Waals surface area (Å²) >= 11 is 1.49. The molecule has 1 aliphatic rings. The van der Waals surface area contributed by atoms with Gasteiger partial charge in [0.25, 0.3) is 5.91 Å². The van der Waals surface area contributed by atoms with Gasteiger partial charge in [-0.15, -0.1) is 11.3 Å². The van der Waals surface area contributed by atoms with Crippen molar-refractivity contribution in [3.05, 3.63) is 82.6 Å². The number of hydrogen-bond donors (Lipinski definition) is 1. The molecule has 0 atom stereocenters. The number of carbonyl (C=O) groups excluding carboxylic acids is 1. The third-order valence-corrected chi connectivity index (χ3v) is 7.37. The zero-order valence-corrected chi connectivity index (χ0v) is 18.0. The second kappa shape index (κ2) is 8.99. The summed E-state index contributed by atoms with van der Waals surface area (Å²) in [5, 5.41) is 1.90. The maximum absolute atomic E-state index is 13.0. The lowest BCUT2D eigenvalue weighted by atomic mass is 10.1. The summed E-state index contributed by atoms with van der Waals surface area (Å²) in [6.07, 6.45) is 0. The molecule has 0 radical (unpaired) electrons. The van der Waals surface area contributed by atoms with Crippen molar-refractivity contribution < 1.29 is 13.2 Å². The van der Waals surface area contributed by atoms with Crippen LogP contribution in [0.4, 0.5) is 5.69 Å². The SMILES string of the molecule is O=C(c1cccc(S(=O)(=O)NCc2cccs2)c1)N1CCN(c2ccccc2)CC1. The van der Waals surface area contributed by atoms with Crippen molar-refractivity contribution in [2.45, 2.75) is 11.4 Å². The summed E-state index contributed by atoms with van der Waals surface area (Å²) in [5.41, 5.74) is 1.54. The highest BCUT2D eigenvalue weighted by Crippen LogP contribution is 2.19. The molecule has 1 saturated heterocycles. The summed E-state index contributed by atoms with van der Waals surface area (Å²) in [4.78, 5) is 18.0. The molecule has 0 bridgehead atoms. The molecule has 1 fully saturated rings. The van der Waals surface area contributed by atoms with Gasteiger partial charge in [-0.05, 0) is 41.8 Å². The first-order chi connectivity index (χ1) is 14.5. The maximum atomic E-state index is 13.0. The molecule has 2 heterocycles. The molecule has 1 aliphatic heterocycles. The van der Waals surface area contributed by atoms with E-state index in [-0.39, 0.29) is 17.3 Å². The Kier molecular flexibility index (Phi) is 6.17. The van der Waals surface area contributed by atoms with E-state index in [1.165, 1.54) is 23.5 Å². The van der Waals surface area contributed by atoms with Crippen LogP contribution in [0.1, 0.15) is 15.2 Å². The number of anilines is 1. The van der Waals surface area contributed by atoms with E-state index in [2.05, 4.69) is 21.8 Å². The lowest BCUT2D eigenvalue weighted by Gasteiger charge is -2.36. The van der Waals surface area contributed by atoms with Crippen molar-refractivity contribution in [3.8, 4) is 0 Å². The molecule has 0 aliphatic carbocycles. The Morgan fingerprint density at radius 2 is 1.70 bits per heavy atom. The molecule has 8 heteroatoms. The fourth-order valence-corrected chi connectivity index (χ4v) is 5.24. The molecular weight excluding hydrogens is 418 g/mol. The largest absolute Gasteiger partial charge is 0.368 e. The van der Waals surface area contributed by atoms with E-state index in [1.807, 2.05) is 35.7 Å². The lowest BCUT2D eigenvalue weighted by molar-refractivity contribution is 0.0746. The molecule has 156 valence electrons. The van der Waals surface area contributed by atoms with Gasteiger partial charge in [-0.25, -0.2) is 13.1 Å². The van der Waals surface area contributed by atoms with Gasteiger partial charge in [0.2, 0.25) is 10.0 Å². The van der Waals surface area contributed by atoms with Crippen LogP contribution < -0.4 is 9.62 Å². The maximum Gasteiger partial charge on any atom is 0.254 e. The number of nitrogens with one attached hydrogen (secondary N) is 1. The van der Waals surface area contributed by atoms with Crippen molar-refractivity contribution in [1.29, 1.82) is 0 Å². The van der Waals surface area contributed by atoms with Gasteiger partial charge in [-0.1, -0.05) is 30.3 Å². The normalized spacial score (nSPS) is 14.7. The third-order valence-electron chi connectivity index (χ3n) is 5.10. The van der Waals surface area contributed by atoms with Gasteiger partial charge in [0, 0.05) is 48.9 Å². The van der Waals surface area contributed by atoms with E-state index < -0.39 is 10.0 Å². The molecule has 0 spiro atoms. The zero-order chi connectivity index (χ0) is 21.0. The summed E-state index contributed by atoms with van der Waals surface area (Å²) in [6.45, 7) is 2.93. The van der Waals surface area contributed by atoms with E-state index in [9.17, 15) is 13.2 Å². The Hall–Kier alpha value is -2.68. The van der Waals surface area contributed by atoms with E-state index in [0.717, 1.165) is 23.7 Å². The number of carbonyl (C=O) groups is 1. The quantitative estimate of drug-likeness (QED) is 0.638. The predicted octanol–water partition coefficient (Wildman–Crippen LogP) is 3.19. The van der Waals surface area contributed by atoms with Crippen LogP contribution in [0.5, 0.6) is 0 Å². The summed E-state index contributed by atoms with van der Waals surface area (Å²) in [6, 6.07) is 20.1. The lowest BCUT2D eigenvalue weighted by Crippen LogP contribution is -2.48. The van der Waals surface area contributed by atoms with E-state index in [0.29, 0.717) is 18.7 Å². The Morgan fingerprint density at radius 3 is 2.40 bits per heavy atom. The first-order valence-corrected chi connectivity index (χ1v) is 12.1. The van der Waals surface area contributed by atoms with Crippen LogP contribution in [-0.2, 0) is 16.6 Å². The second-order valence-electron chi connectivity index (χ2n) is 7.05. The average molecular weight is 442 g/mol. The molecule has 4 rings (SSSR count). The first kappa shape index (κ1) is 20.6. The van der Waals surface area contributed by atoms with Gasteiger partial charge < -0.3 is 9.80 Å². The molecule has 3 aromatic rings. The van der Waals surface area contributed by atoms with Gasteiger partial charge in [-0.3, -0.25) is 4.79 Å². The van der Waals surface area contributed by atoms with E-state index >= 15 is 0 Å². The number of sulfonamides is 1. The van der Waals surface area contributed by atoms with Gasteiger partial charge in [0.05, 0.1) is 4.90 Å². The Morgan fingerprint density at radius 1 is 0.933 bits per heavy atom. The predicted molar refractivity (Wildman–Crippen MR) is 119 cm³/mol. The zero-order valence-electron chi connectivity index (χ0n) is 16.4. The fourth-order valence-electron chi connectivity index (χ4n) is 3.45. The Balaban J connectivity index is 1.41. The highest BCUT2D eigenvalue weighted by molar-refractivity contribution is 7.89. The molecule has 1 aromatic heterocycles. The molecular formula is C22H23N3O3S2. The van der Waals surface area contributed by atoms with Crippen molar-refractivity contribution in [1.82, 2.24) is 9.62 Å². The number of rotatable bonds is 6. The van der Waals surface area contributed by atoms with Crippen LogP contribution in [0, 0.1) is 0 Å². The van der Waals surface area contributed by atoms with Crippen molar-refractivity contribution in [2.24, 2.45) is 0 Å². The molecule has 6 nitrogen and oxygen atoms in total. The number of piperazine rings is 1. The smallest absolute Gasteiger partial charge is 0.254 e. The molecule has 0 saturated carbocycles. The van der Waals surface area contributed by atoms with Crippen LogP contribution in [0.2, 0.25) is 0 Å². The second-order valence-corrected chi connectivity index (χ2v) is 9.85. The monoisotopic (exact) mass is 441 g/mol. The minimum Gasteiger partial charge on any atom is -0.368 e. The highest BCUT2D eigenvalue weighted by Gasteiger charge is 2.23. The van der Waals surface area contributed by atoms with Gasteiger partial charge >= 0.3 is 0 Å². The Bertz CT molecular complexity index is 1090. The molecule has 0 unspecified atom stereocenters. The summed E-state index contributed by atoms with van der Waals surface area (Å²) in [7, 11) is -3.69. The minimum absolute atomic E-state index is 0.104. The summed E-state index contributed by atoms with van der Waals surface area (Å²) in [5.74, 6) is -0.141. The molecule has 30 heavy (non-hydrogen) atoms. The number of nitrogens with zero attached hydrogens (tertiary/aromatic N) is 2. The van der Waals surface area contributed by atoms with Crippen LogP contribution >= 0.6 is 11.3 Å². The third kappa shape index (κ3) is 4.72. The van der Waals surface area contributed by atoms with Crippen molar-refractivity contribution in [3.63, 3.8) is 0 Å². The highest BCUT2D eigenvalue weighted by atomic mass is 32.2. The number of amides is 1. The van der Waals surface area contributed by atoms with Gasteiger partial charge in [0.1, 0.15) is 0 Å². The first-order valence-electron chi connectivity index (χ1n) is 9.74. The fraction of sp³-hybridized carbons (Fsp3) is 0.227. The molecule has 1 N–H and O–H groups in total. The van der Waals surface area contributed by atoms with Crippen LogP contribution in [0.15, 0.2) is 77.0 Å². The number of hydrogen-bond acceptors (Lipinski definition) is 5. The number of benzene rings is 2. The van der Waals surface area contributed by atoms with E-state index in [1.54, 1.807) is 17.0 Å². The van der Waals surface area contributed by atoms with Gasteiger partial charge in [0.15, 0.2) is 0 Å². The summed E-state index contributed by atoms with van der Waals surface area (Å²) < 4.78 is 27.9. The Labute approximate surface area is 180 Å². The standard InChI is InChI=1S/C22H23N3O3S2/c26-22(25-13-11-24(12-14-25)19-7-2-1-3-8-19)18-6-4-10-21(16-18)30(27,28)23-17-20-9-5-15-29-20/h1-10,15-16,23H,11-14,17H2. The van der Waals surface area contributed by atoms with E-state index in [4.69, 9.17) is 0 Å². The topological polar surface area (TPSA) is 69.7 Å². The van der Waals surface area contributed by atoms with Gasteiger partial charge in [-0.2, -0.15) is 0 Å². The van der Waals surface area contributed by atoms with Crippen LogP contribution in [0.3, 0.4) is 0 Å². The average Bonchev–Trinajstić information content (AvgIpc) is 3.32. The van der Waals surface area contributed by atoms with Crippen molar-refractivity contribution >= 4 is 33.0 Å². The number of thiophene rings is 1. The molecule has 1 amide bonds. The van der Waals surface area contributed by atoms with Crippen LogP contribution in [0.25, 0.3) is 0 Å².